The number of carbonyl (C=O) groups is 3. The van der Waals surface area contributed by atoms with Gasteiger partial charge in [-0.3, -0.25) is 14.5 Å². The van der Waals surface area contributed by atoms with Gasteiger partial charge < -0.3 is 15.4 Å². The van der Waals surface area contributed by atoms with Crippen molar-refractivity contribution < 1.29 is 19.1 Å². The van der Waals surface area contributed by atoms with Crippen LogP contribution in [0.3, 0.4) is 0 Å². The van der Waals surface area contributed by atoms with Crippen LogP contribution in [0.4, 0.5) is 16.2 Å². The normalized spacial score (nSPS) is 13.1. The molecule has 8 heteroatoms. The average Bonchev–Trinajstić information content (AvgIpc) is 3.45. The molecule has 0 unspecified atom stereocenters. The maximum Gasteiger partial charge on any atom is 0.414 e. The summed E-state index contributed by atoms with van der Waals surface area (Å²) >= 11 is 1.37. The maximum atomic E-state index is 12.5. The van der Waals surface area contributed by atoms with Crippen LogP contribution in [0, 0.1) is 0 Å². The van der Waals surface area contributed by atoms with Gasteiger partial charge in [-0.15, -0.1) is 11.3 Å². The summed E-state index contributed by atoms with van der Waals surface area (Å²) in [6.07, 6.45) is -0.359. The van der Waals surface area contributed by atoms with Crippen LogP contribution in [-0.4, -0.2) is 31.1 Å². The number of carbonyl (C=O) groups excluding carboxylic acids is 3. The lowest BCUT2D eigenvalue weighted by molar-refractivity contribution is 0.0950. The van der Waals surface area contributed by atoms with Crippen LogP contribution in [-0.2, 0) is 11.3 Å². The molecule has 2 N–H and O–H groups in total. The minimum absolute atomic E-state index is 0.177. The number of anilines is 2. The molecule has 0 atom stereocenters. The van der Waals surface area contributed by atoms with Crippen molar-refractivity contribution in [2.24, 2.45) is 0 Å². The molecular weight excluding hydrogens is 402 g/mol. The van der Waals surface area contributed by atoms with E-state index in [9.17, 15) is 14.4 Å². The molecule has 4 rings (SSSR count). The zero-order valence-corrected chi connectivity index (χ0v) is 16.8. The van der Waals surface area contributed by atoms with E-state index in [1.54, 1.807) is 35.2 Å². The highest BCUT2D eigenvalue weighted by atomic mass is 32.1. The molecule has 3 aromatic rings. The van der Waals surface area contributed by atoms with E-state index in [2.05, 4.69) is 10.6 Å². The second kappa shape index (κ2) is 8.79. The number of hydrogen-bond acceptors (Lipinski definition) is 5. The number of cyclic esters (lactones) is 1. The largest absolute Gasteiger partial charge is 0.447 e. The van der Waals surface area contributed by atoms with E-state index in [-0.39, 0.29) is 17.9 Å². The van der Waals surface area contributed by atoms with Crippen molar-refractivity contribution in [1.82, 2.24) is 5.32 Å². The van der Waals surface area contributed by atoms with Gasteiger partial charge in [0.2, 0.25) is 0 Å². The Morgan fingerprint density at radius 1 is 1.03 bits per heavy atom. The van der Waals surface area contributed by atoms with Crippen molar-refractivity contribution in [2.45, 2.75) is 6.54 Å². The number of thiophene rings is 1. The first-order valence-electron chi connectivity index (χ1n) is 9.36. The van der Waals surface area contributed by atoms with Gasteiger partial charge in [-0.2, -0.15) is 0 Å². The molecule has 0 saturated carbocycles. The second-order valence-electron chi connectivity index (χ2n) is 6.63. The molecule has 0 spiro atoms. The van der Waals surface area contributed by atoms with Crippen LogP contribution in [0.1, 0.15) is 25.6 Å². The van der Waals surface area contributed by atoms with Crippen LogP contribution in [0.5, 0.6) is 0 Å². The van der Waals surface area contributed by atoms with Crippen molar-refractivity contribution in [3.63, 3.8) is 0 Å². The SMILES string of the molecule is O=C(NCc1cccc(N2CCOC2=O)c1)c1ccc(NC(=O)c2cccs2)cc1. The molecule has 1 aromatic heterocycles. The monoisotopic (exact) mass is 421 g/mol. The molecular formula is C22H19N3O4S. The van der Waals surface area contributed by atoms with E-state index in [0.29, 0.717) is 35.8 Å². The molecule has 0 bridgehead atoms. The lowest BCUT2D eigenvalue weighted by Gasteiger charge is -2.14. The van der Waals surface area contributed by atoms with Gasteiger partial charge in [0.1, 0.15) is 6.61 Å². The Morgan fingerprint density at radius 3 is 2.57 bits per heavy atom. The quantitative estimate of drug-likeness (QED) is 0.632. The molecule has 1 saturated heterocycles. The fraction of sp³-hybridized carbons (Fsp3) is 0.136. The van der Waals surface area contributed by atoms with Crippen molar-refractivity contribution >= 4 is 40.6 Å². The number of nitrogens with zero attached hydrogens (tertiary/aromatic N) is 1. The van der Waals surface area contributed by atoms with Gasteiger partial charge >= 0.3 is 6.09 Å². The summed E-state index contributed by atoms with van der Waals surface area (Å²) in [5.74, 6) is -0.402. The Labute approximate surface area is 177 Å². The van der Waals surface area contributed by atoms with Crippen molar-refractivity contribution in [3.8, 4) is 0 Å². The second-order valence-corrected chi connectivity index (χ2v) is 7.58. The number of amides is 3. The van der Waals surface area contributed by atoms with Gasteiger partial charge in [0, 0.05) is 23.5 Å². The van der Waals surface area contributed by atoms with Crippen LogP contribution in [0.25, 0.3) is 0 Å². The molecule has 1 aliphatic heterocycles. The van der Waals surface area contributed by atoms with E-state index < -0.39 is 0 Å². The Kier molecular flexibility index (Phi) is 5.76. The molecule has 2 heterocycles. The van der Waals surface area contributed by atoms with E-state index in [4.69, 9.17) is 4.74 Å². The summed E-state index contributed by atoms with van der Waals surface area (Å²) < 4.78 is 4.96. The third-order valence-electron chi connectivity index (χ3n) is 4.59. The van der Waals surface area contributed by atoms with E-state index >= 15 is 0 Å². The topological polar surface area (TPSA) is 87.7 Å². The van der Waals surface area contributed by atoms with Gasteiger partial charge in [-0.05, 0) is 53.4 Å². The first-order chi connectivity index (χ1) is 14.6. The number of nitrogens with one attached hydrogen (secondary N) is 2. The minimum atomic E-state index is -0.359. The number of hydrogen-bond donors (Lipinski definition) is 2. The van der Waals surface area contributed by atoms with Crippen LogP contribution in [0.15, 0.2) is 66.0 Å². The Balaban J connectivity index is 1.34. The lowest BCUT2D eigenvalue weighted by Crippen LogP contribution is -2.25. The number of benzene rings is 2. The zero-order chi connectivity index (χ0) is 20.9. The predicted molar refractivity (Wildman–Crippen MR) is 115 cm³/mol. The number of ether oxygens (including phenoxy) is 1. The molecule has 30 heavy (non-hydrogen) atoms. The highest BCUT2D eigenvalue weighted by Crippen LogP contribution is 2.20. The van der Waals surface area contributed by atoms with Gasteiger partial charge in [0.15, 0.2) is 0 Å². The highest BCUT2D eigenvalue weighted by molar-refractivity contribution is 7.12. The molecule has 1 aliphatic rings. The van der Waals surface area contributed by atoms with Gasteiger partial charge in [0.05, 0.1) is 11.4 Å². The average molecular weight is 421 g/mol. The third kappa shape index (κ3) is 4.49. The fourth-order valence-corrected chi connectivity index (χ4v) is 3.67. The van der Waals surface area contributed by atoms with Crippen molar-refractivity contribution in [2.75, 3.05) is 23.4 Å². The molecule has 2 aromatic carbocycles. The zero-order valence-electron chi connectivity index (χ0n) is 16.0. The van der Waals surface area contributed by atoms with Gasteiger partial charge in [0.25, 0.3) is 11.8 Å². The minimum Gasteiger partial charge on any atom is -0.447 e. The first kappa shape index (κ1) is 19.7. The Morgan fingerprint density at radius 2 is 1.87 bits per heavy atom. The summed E-state index contributed by atoms with van der Waals surface area (Å²) in [6, 6.07) is 17.7. The lowest BCUT2D eigenvalue weighted by atomic mass is 10.1. The molecule has 1 fully saturated rings. The standard InChI is InChI=1S/C22H19N3O4S/c26-20(16-6-8-17(9-7-16)24-21(27)19-5-2-12-30-19)23-14-15-3-1-4-18(13-15)25-10-11-29-22(25)28/h1-9,12-13H,10-11,14H2,(H,23,26)(H,24,27). The molecule has 0 radical (unpaired) electrons. The van der Waals surface area contributed by atoms with E-state index in [1.807, 2.05) is 35.7 Å². The van der Waals surface area contributed by atoms with Crippen LogP contribution < -0.4 is 15.5 Å². The molecule has 152 valence electrons. The van der Waals surface area contributed by atoms with E-state index in [1.165, 1.54) is 11.3 Å². The number of rotatable bonds is 6. The third-order valence-corrected chi connectivity index (χ3v) is 5.45. The first-order valence-corrected chi connectivity index (χ1v) is 10.2. The van der Waals surface area contributed by atoms with Crippen molar-refractivity contribution in [1.29, 1.82) is 0 Å². The fourth-order valence-electron chi connectivity index (χ4n) is 3.05. The highest BCUT2D eigenvalue weighted by Gasteiger charge is 2.23. The Bertz CT molecular complexity index is 1060. The molecule has 3 amide bonds. The maximum absolute atomic E-state index is 12.5. The van der Waals surface area contributed by atoms with Crippen LogP contribution in [0.2, 0.25) is 0 Å². The van der Waals surface area contributed by atoms with Gasteiger partial charge in [-0.25, -0.2) is 4.79 Å². The molecule has 7 nitrogen and oxygen atoms in total. The van der Waals surface area contributed by atoms with E-state index in [0.717, 1.165) is 11.3 Å². The van der Waals surface area contributed by atoms with Crippen LogP contribution >= 0.6 is 11.3 Å². The Hall–Kier alpha value is -3.65. The summed E-state index contributed by atoms with van der Waals surface area (Å²) in [5, 5.41) is 7.51. The van der Waals surface area contributed by atoms with Gasteiger partial charge in [-0.1, -0.05) is 18.2 Å². The smallest absolute Gasteiger partial charge is 0.414 e. The summed E-state index contributed by atoms with van der Waals surface area (Å²) in [5.41, 5.74) is 2.73. The summed E-state index contributed by atoms with van der Waals surface area (Å²) in [7, 11) is 0. The molecule has 0 aliphatic carbocycles. The summed E-state index contributed by atoms with van der Waals surface area (Å²) in [6.45, 7) is 1.22. The van der Waals surface area contributed by atoms with Crippen molar-refractivity contribution in [3.05, 3.63) is 82.0 Å². The predicted octanol–water partition coefficient (Wildman–Crippen LogP) is 3.89. The summed E-state index contributed by atoms with van der Waals surface area (Å²) in [4.78, 5) is 38.4.